The Kier molecular flexibility index (Phi) is 10.1. The van der Waals surface area contributed by atoms with Crippen molar-refractivity contribution in [3.63, 3.8) is 0 Å². The molecule has 0 rings (SSSR count). The molecule has 0 aliphatic rings. The summed E-state index contributed by atoms with van der Waals surface area (Å²) in [4.78, 5) is 26.3. The number of carboxylic acids is 1. The second kappa shape index (κ2) is 10.6. The van der Waals surface area contributed by atoms with Gasteiger partial charge < -0.3 is 10.4 Å². The summed E-state index contributed by atoms with van der Waals surface area (Å²) in [6.07, 6.45) is 4.67. The van der Waals surface area contributed by atoms with Crippen molar-refractivity contribution in [3.8, 4) is 0 Å². The molecule has 0 radical (unpaired) electrons. The summed E-state index contributed by atoms with van der Waals surface area (Å²) in [6, 6.07) is -0.819. The van der Waals surface area contributed by atoms with E-state index in [1.165, 1.54) is 0 Å². The number of carboxylic acid groups (broad SMARTS) is 1. The van der Waals surface area contributed by atoms with E-state index in [9.17, 15) is 14.7 Å². The molecule has 0 spiro atoms. The molecular formula is C18H36N2O3. The Labute approximate surface area is 141 Å². The zero-order valence-corrected chi connectivity index (χ0v) is 15.8. The van der Waals surface area contributed by atoms with Crippen LogP contribution in [0.3, 0.4) is 0 Å². The van der Waals surface area contributed by atoms with Gasteiger partial charge in [0, 0.05) is 0 Å². The van der Waals surface area contributed by atoms with E-state index >= 15 is 0 Å². The standard InChI is InChI=1S/C18H36N2O3/c1-7-9-11-20(12-10-8-2)18(5,6)17(23)19-15(16(21)22)13-14(3)4/h14-15H,7-13H2,1-6H3,(H,19,23)(H,21,22). The highest BCUT2D eigenvalue weighted by molar-refractivity contribution is 5.89. The van der Waals surface area contributed by atoms with Gasteiger partial charge in [-0.05, 0) is 52.1 Å². The number of nitrogens with one attached hydrogen (secondary N) is 1. The molecule has 136 valence electrons. The maximum atomic E-state index is 12.7. The monoisotopic (exact) mass is 328 g/mol. The highest BCUT2D eigenvalue weighted by atomic mass is 16.4. The zero-order valence-electron chi connectivity index (χ0n) is 15.8. The molecule has 0 aromatic carbocycles. The van der Waals surface area contributed by atoms with Gasteiger partial charge >= 0.3 is 5.97 Å². The first-order chi connectivity index (χ1) is 10.7. The molecule has 23 heavy (non-hydrogen) atoms. The summed E-state index contributed by atoms with van der Waals surface area (Å²) in [6.45, 7) is 13.7. The Bertz CT molecular complexity index is 359. The fraction of sp³-hybridized carbons (Fsp3) is 0.889. The van der Waals surface area contributed by atoms with Crippen LogP contribution in [0.1, 0.15) is 73.6 Å². The normalized spacial score (nSPS) is 13.4. The van der Waals surface area contributed by atoms with Gasteiger partial charge in [0.25, 0.3) is 0 Å². The van der Waals surface area contributed by atoms with Crippen LogP contribution in [0.25, 0.3) is 0 Å². The van der Waals surface area contributed by atoms with Crippen molar-refractivity contribution < 1.29 is 14.7 Å². The van der Waals surface area contributed by atoms with Gasteiger partial charge in [0.05, 0.1) is 5.54 Å². The second-order valence-electron chi connectivity index (χ2n) is 7.25. The van der Waals surface area contributed by atoms with Crippen molar-refractivity contribution >= 4 is 11.9 Å². The number of hydrogen-bond donors (Lipinski definition) is 2. The Balaban J connectivity index is 5.01. The summed E-state index contributed by atoms with van der Waals surface area (Å²) in [5, 5.41) is 12.1. The van der Waals surface area contributed by atoms with Gasteiger partial charge in [-0.25, -0.2) is 4.79 Å². The van der Waals surface area contributed by atoms with E-state index in [1.807, 2.05) is 27.7 Å². The van der Waals surface area contributed by atoms with Gasteiger partial charge in [-0.1, -0.05) is 40.5 Å². The Hall–Kier alpha value is -1.10. The number of carbonyl (C=O) groups excluding carboxylic acids is 1. The first-order valence-corrected chi connectivity index (χ1v) is 8.95. The molecule has 5 heteroatoms. The first-order valence-electron chi connectivity index (χ1n) is 8.95. The van der Waals surface area contributed by atoms with Crippen LogP contribution in [0, 0.1) is 5.92 Å². The predicted molar refractivity (Wildman–Crippen MR) is 94.5 cm³/mol. The highest BCUT2D eigenvalue weighted by Gasteiger charge is 2.36. The molecule has 0 aliphatic heterocycles. The SMILES string of the molecule is CCCCN(CCCC)C(C)(C)C(=O)NC(CC(C)C)C(=O)O. The maximum absolute atomic E-state index is 12.7. The van der Waals surface area contributed by atoms with Gasteiger partial charge in [0.1, 0.15) is 6.04 Å². The van der Waals surface area contributed by atoms with E-state index in [2.05, 4.69) is 24.1 Å². The van der Waals surface area contributed by atoms with Gasteiger partial charge in [-0.3, -0.25) is 9.69 Å². The van der Waals surface area contributed by atoms with Crippen LogP contribution < -0.4 is 5.32 Å². The lowest BCUT2D eigenvalue weighted by Gasteiger charge is -2.38. The van der Waals surface area contributed by atoms with Crippen molar-refractivity contribution in [2.45, 2.75) is 85.2 Å². The van der Waals surface area contributed by atoms with E-state index in [-0.39, 0.29) is 11.8 Å². The first kappa shape index (κ1) is 21.9. The lowest BCUT2D eigenvalue weighted by atomic mass is 9.97. The van der Waals surface area contributed by atoms with Crippen molar-refractivity contribution in [3.05, 3.63) is 0 Å². The van der Waals surface area contributed by atoms with Crippen LogP contribution in [-0.2, 0) is 9.59 Å². The van der Waals surface area contributed by atoms with Crippen LogP contribution in [0.15, 0.2) is 0 Å². The minimum atomic E-state index is -0.962. The molecule has 0 fully saturated rings. The maximum Gasteiger partial charge on any atom is 0.326 e. The Morgan fingerprint density at radius 1 is 1.09 bits per heavy atom. The summed E-state index contributed by atoms with van der Waals surface area (Å²) in [5.41, 5.74) is -0.699. The van der Waals surface area contributed by atoms with Crippen LogP contribution in [-0.4, -0.2) is 46.6 Å². The van der Waals surface area contributed by atoms with Crippen LogP contribution in [0.4, 0.5) is 0 Å². The minimum Gasteiger partial charge on any atom is -0.480 e. The van der Waals surface area contributed by atoms with Crippen molar-refractivity contribution in [2.24, 2.45) is 5.92 Å². The Morgan fingerprint density at radius 2 is 1.57 bits per heavy atom. The predicted octanol–water partition coefficient (Wildman–Crippen LogP) is 3.28. The third-order valence-electron chi connectivity index (χ3n) is 4.22. The topological polar surface area (TPSA) is 69.6 Å². The molecule has 5 nitrogen and oxygen atoms in total. The third-order valence-corrected chi connectivity index (χ3v) is 4.22. The summed E-state index contributed by atoms with van der Waals surface area (Å²) in [7, 11) is 0. The average Bonchev–Trinajstić information content (AvgIpc) is 2.45. The summed E-state index contributed by atoms with van der Waals surface area (Å²) < 4.78 is 0. The molecule has 2 N–H and O–H groups in total. The van der Waals surface area contributed by atoms with E-state index < -0.39 is 17.6 Å². The molecule has 1 unspecified atom stereocenters. The fourth-order valence-corrected chi connectivity index (χ4v) is 2.54. The van der Waals surface area contributed by atoms with Crippen molar-refractivity contribution in [1.82, 2.24) is 10.2 Å². The van der Waals surface area contributed by atoms with E-state index in [1.54, 1.807) is 0 Å². The fourth-order valence-electron chi connectivity index (χ4n) is 2.54. The average molecular weight is 328 g/mol. The van der Waals surface area contributed by atoms with Gasteiger partial charge in [0.15, 0.2) is 0 Å². The number of hydrogen-bond acceptors (Lipinski definition) is 3. The van der Waals surface area contributed by atoms with Crippen LogP contribution in [0.2, 0.25) is 0 Å². The molecule has 0 aromatic heterocycles. The quantitative estimate of drug-likeness (QED) is 0.577. The largest absolute Gasteiger partial charge is 0.480 e. The number of rotatable bonds is 12. The van der Waals surface area contributed by atoms with Gasteiger partial charge in [-0.15, -0.1) is 0 Å². The van der Waals surface area contributed by atoms with Crippen molar-refractivity contribution in [1.29, 1.82) is 0 Å². The van der Waals surface area contributed by atoms with E-state index in [0.717, 1.165) is 38.8 Å². The lowest BCUT2D eigenvalue weighted by Crippen LogP contribution is -2.58. The number of unbranched alkanes of at least 4 members (excludes halogenated alkanes) is 2. The van der Waals surface area contributed by atoms with Gasteiger partial charge in [0.2, 0.25) is 5.91 Å². The Morgan fingerprint density at radius 3 is 1.91 bits per heavy atom. The molecule has 1 atom stereocenters. The number of amides is 1. The van der Waals surface area contributed by atoms with E-state index in [4.69, 9.17) is 0 Å². The number of carbonyl (C=O) groups is 2. The summed E-state index contributed by atoms with van der Waals surface area (Å²) >= 11 is 0. The lowest BCUT2D eigenvalue weighted by molar-refractivity contribution is -0.144. The zero-order chi connectivity index (χ0) is 18.0. The second-order valence-corrected chi connectivity index (χ2v) is 7.25. The number of nitrogens with zero attached hydrogens (tertiary/aromatic N) is 1. The minimum absolute atomic E-state index is 0.197. The molecular weight excluding hydrogens is 292 g/mol. The van der Waals surface area contributed by atoms with Crippen LogP contribution >= 0.6 is 0 Å². The molecule has 0 bridgehead atoms. The number of aliphatic carboxylic acids is 1. The van der Waals surface area contributed by atoms with Crippen molar-refractivity contribution in [2.75, 3.05) is 13.1 Å². The third kappa shape index (κ3) is 7.82. The summed E-state index contributed by atoms with van der Waals surface area (Å²) in [5.74, 6) is -0.940. The molecule has 0 saturated heterocycles. The molecule has 0 heterocycles. The molecule has 0 saturated carbocycles. The van der Waals surface area contributed by atoms with E-state index in [0.29, 0.717) is 6.42 Å². The molecule has 0 aliphatic carbocycles. The van der Waals surface area contributed by atoms with Crippen LogP contribution in [0.5, 0.6) is 0 Å². The molecule has 1 amide bonds. The highest BCUT2D eigenvalue weighted by Crippen LogP contribution is 2.18. The smallest absolute Gasteiger partial charge is 0.326 e. The van der Waals surface area contributed by atoms with Gasteiger partial charge in [-0.2, -0.15) is 0 Å². The molecule has 0 aromatic rings.